The Hall–Kier alpha value is -0.900. The summed E-state index contributed by atoms with van der Waals surface area (Å²) in [6, 6.07) is 3.63. The molecule has 0 radical (unpaired) electrons. The number of hydrogen-bond acceptors (Lipinski definition) is 3. The summed E-state index contributed by atoms with van der Waals surface area (Å²) in [5, 5.41) is 8.18. The number of carbonyl (C=O) groups is 1. The van der Waals surface area contributed by atoms with Gasteiger partial charge in [0.1, 0.15) is 5.76 Å². The van der Waals surface area contributed by atoms with E-state index in [-0.39, 0.29) is 5.25 Å². The molecule has 1 aromatic heterocycles. The number of rotatable bonds is 4. The van der Waals surface area contributed by atoms with E-state index < -0.39 is 5.97 Å². The summed E-state index contributed by atoms with van der Waals surface area (Å²) in [6.45, 7) is 1.66. The van der Waals surface area contributed by atoms with Crippen molar-refractivity contribution in [1.82, 2.24) is 0 Å². The maximum absolute atomic E-state index is 10.4. The van der Waals surface area contributed by atoms with Crippen molar-refractivity contribution in [3.05, 3.63) is 24.2 Å². The Kier molecular flexibility index (Phi) is 3.22. The molecule has 0 aromatic carbocycles. The molecule has 0 saturated heterocycles. The molecule has 0 aliphatic carbocycles. The molecule has 0 amide bonds. The second-order valence-corrected chi connectivity index (χ2v) is 3.70. The smallest absolute Gasteiger partial charge is 0.316 e. The summed E-state index contributed by atoms with van der Waals surface area (Å²) < 4.78 is 5.05. The quantitative estimate of drug-likeness (QED) is 0.781. The van der Waals surface area contributed by atoms with E-state index in [1.54, 1.807) is 19.3 Å². The zero-order valence-corrected chi connectivity index (χ0v) is 7.50. The lowest BCUT2D eigenvalue weighted by Gasteiger charge is -2.02. The van der Waals surface area contributed by atoms with E-state index in [0.717, 1.165) is 5.76 Å². The highest BCUT2D eigenvalue weighted by Gasteiger charge is 2.11. The second-order valence-electron chi connectivity index (χ2n) is 2.37. The molecule has 3 nitrogen and oxygen atoms in total. The fourth-order valence-electron chi connectivity index (χ4n) is 0.673. The molecule has 1 aromatic rings. The summed E-state index contributed by atoms with van der Waals surface area (Å²) in [4.78, 5) is 10.4. The van der Waals surface area contributed by atoms with Gasteiger partial charge in [-0.3, -0.25) is 4.79 Å². The fourth-order valence-corrected chi connectivity index (χ4v) is 1.39. The number of aliphatic carboxylic acids is 1. The van der Waals surface area contributed by atoms with E-state index in [1.165, 1.54) is 11.8 Å². The molecule has 1 atom stereocenters. The van der Waals surface area contributed by atoms with Crippen molar-refractivity contribution in [1.29, 1.82) is 0 Å². The van der Waals surface area contributed by atoms with Gasteiger partial charge in [-0.15, -0.1) is 11.8 Å². The van der Waals surface area contributed by atoms with Gasteiger partial charge >= 0.3 is 5.97 Å². The summed E-state index contributed by atoms with van der Waals surface area (Å²) in [7, 11) is 0. The average Bonchev–Trinajstić information content (AvgIpc) is 2.51. The minimum absolute atomic E-state index is 0.380. The molecule has 0 unspecified atom stereocenters. The van der Waals surface area contributed by atoms with Gasteiger partial charge in [0, 0.05) is 0 Å². The van der Waals surface area contributed by atoms with Crippen LogP contribution in [0.25, 0.3) is 0 Å². The third-order valence-electron chi connectivity index (χ3n) is 1.40. The van der Waals surface area contributed by atoms with Crippen LogP contribution >= 0.6 is 11.8 Å². The largest absolute Gasteiger partial charge is 0.480 e. The number of carboxylic acid groups (broad SMARTS) is 1. The summed E-state index contributed by atoms with van der Waals surface area (Å²) in [5.41, 5.74) is 0. The Morgan fingerprint density at radius 3 is 3.08 bits per heavy atom. The first kappa shape index (κ1) is 9.19. The second kappa shape index (κ2) is 4.21. The van der Waals surface area contributed by atoms with Gasteiger partial charge < -0.3 is 9.52 Å². The van der Waals surface area contributed by atoms with Crippen LogP contribution in [0.5, 0.6) is 0 Å². The topological polar surface area (TPSA) is 50.4 Å². The lowest BCUT2D eigenvalue weighted by Crippen LogP contribution is -2.11. The van der Waals surface area contributed by atoms with Crippen LogP contribution in [-0.4, -0.2) is 16.3 Å². The predicted molar refractivity (Wildman–Crippen MR) is 47.1 cm³/mol. The summed E-state index contributed by atoms with van der Waals surface area (Å²) in [5.74, 6) is 0.639. The molecule has 1 N–H and O–H groups in total. The van der Waals surface area contributed by atoms with Gasteiger partial charge in [-0.05, 0) is 19.1 Å². The Morgan fingerprint density at radius 2 is 2.58 bits per heavy atom. The zero-order chi connectivity index (χ0) is 8.97. The first-order chi connectivity index (χ1) is 5.70. The molecule has 1 heterocycles. The molecule has 0 aliphatic heterocycles. The molecule has 0 spiro atoms. The average molecular weight is 186 g/mol. The van der Waals surface area contributed by atoms with Crippen LogP contribution in [-0.2, 0) is 10.5 Å². The van der Waals surface area contributed by atoms with Crippen LogP contribution < -0.4 is 0 Å². The highest BCUT2D eigenvalue weighted by atomic mass is 32.2. The Morgan fingerprint density at radius 1 is 1.83 bits per heavy atom. The third kappa shape index (κ3) is 2.62. The van der Waals surface area contributed by atoms with Gasteiger partial charge in [-0.1, -0.05) is 0 Å². The normalized spacial score (nSPS) is 12.8. The standard InChI is InChI=1S/C8H10O3S/c1-6(8(9)10)12-5-7-3-2-4-11-7/h2-4,6H,5H2,1H3,(H,9,10)/t6-/m0/s1. The van der Waals surface area contributed by atoms with Gasteiger partial charge in [-0.2, -0.15) is 0 Å². The minimum atomic E-state index is -0.786. The number of furan rings is 1. The maximum Gasteiger partial charge on any atom is 0.316 e. The van der Waals surface area contributed by atoms with E-state index in [4.69, 9.17) is 9.52 Å². The zero-order valence-electron chi connectivity index (χ0n) is 6.69. The van der Waals surface area contributed by atoms with Crippen LogP contribution in [0, 0.1) is 0 Å². The van der Waals surface area contributed by atoms with Crippen LogP contribution in [0.3, 0.4) is 0 Å². The van der Waals surface area contributed by atoms with E-state index in [9.17, 15) is 4.79 Å². The first-order valence-corrected chi connectivity index (χ1v) is 4.62. The summed E-state index contributed by atoms with van der Waals surface area (Å²) in [6.07, 6.45) is 1.58. The van der Waals surface area contributed by atoms with Crippen molar-refractivity contribution >= 4 is 17.7 Å². The van der Waals surface area contributed by atoms with Crippen molar-refractivity contribution in [3.8, 4) is 0 Å². The number of thioether (sulfide) groups is 1. The van der Waals surface area contributed by atoms with E-state index in [1.807, 2.05) is 6.07 Å². The Labute approximate surface area is 74.8 Å². The van der Waals surface area contributed by atoms with E-state index in [2.05, 4.69) is 0 Å². The molecule has 0 fully saturated rings. The minimum Gasteiger partial charge on any atom is -0.480 e. The van der Waals surface area contributed by atoms with E-state index >= 15 is 0 Å². The van der Waals surface area contributed by atoms with Crippen molar-refractivity contribution in [3.63, 3.8) is 0 Å². The number of hydrogen-bond donors (Lipinski definition) is 1. The van der Waals surface area contributed by atoms with Crippen LogP contribution in [0.4, 0.5) is 0 Å². The molecule has 0 saturated carbocycles. The van der Waals surface area contributed by atoms with Crippen molar-refractivity contribution in [2.45, 2.75) is 17.9 Å². The van der Waals surface area contributed by atoms with Gasteiger partial charge in [0.15, 0.2) is 0 Å². The van der Waals surface area contributed by atoms with Crippen molar-refractivity contribution in [2.75, 3.05) is 0 Å². The predicted octanol–water partition coefficient (Wildman–Crippen LogP) is 1.99. The van der Waals surface area contributed by atoms with Gasteiger partial charge in [0.25, 0.3) is 0 Å². The molecule has 0 bridgehead atoms. The van der Waals surface area contributed by atoms with Crippen LogP contribution in [0.1, 0.15) is 12.7 Å². The Bertz CT molecular complexity index is 243. The van der Waals surface area contributed by atoms with Gasteiger partial charge in [-0.25, -0.2) is 0 Å². The molecule has 12 heavy (non-hydrogen) atoms. The number of carboxylic acids is 1. The van der Waals surface area contributed by atoms with Crippen molar-refractivity contribution < 1.29 is 14.3 Å². The molecular formula is C8H10O3S. The monoisotopic (exact) mass is 186 g/mol. The highest BCUT2D eigenvalue weighted by Crippen LogP contribution is 2.17. The molecular weight excluding hydrogens is 176 g/mol. The SMILES string of the molecule is C[C@H](SCc1ccco1)C(=O)O. The molecule has 1 rings (SSSR count). The van der Waals surface area contributed by atoms with Crippen LogP contribution in [0.15, 0.2) is 22.8 Å². The lowest BCUT2D eigenvalue weighted by atomic mass is 10.5. The van der Waals surface area contributed by atoms with Gasteiger partial charge in [0.05, 0.1) is 17.3 Å². The fraction of sp³-hybridized carbons (Fsp3) is 0.375. The Balaban J connectivity index is 2.31. The molecule has 66 valence electrons. The third-order valence-corrected chi connectivity index (χ3v) is 2.56. The van der Waals surface area contributed by atoms with Crippen LogP contribution in [0.2, 0.25) is 0 Å². The first-order valence-electron chi connectivity index (χ1n) is 3.57. The van der Waals surface area contributed by atoms with E-state index in [0.29, 0.717) is 5.75 Å². The molecule has 4 heteroatoms. The lowest BCUT2D eigenvalue weighted by molar-refractivity contribution is -0.136. The summed E-state index contributed by atoms with van der Waals surface area (Å²) >= 11 is 1.35. The van der Waals surface area contributed by atoms with Crippen molar-refractivity contribution in [2.24, 2.45) is 0 Å². The highest BCUT2D eigenvalue weighted by molar-refractivity contribution is 7.99. The molecule has 0 aliphatic rings. The van der Waals surface area contributed by atoms with Gasteiger partial charge in [0.2, 0.25) is 0 Å². The maximum atomic E-state index is 10.4.